The Morgan fingerprint density at radius 3 is 2.46 bits per heavy atom. The van der Waals surface area contributed by atoms with Crippen molar-refractivity contribution in [2.75, 3.05) is 0 Å². The number of nitrogens with one attached hydrogen (secondary N) is 1. The number of furan rings is 1. The molecule has 0 saturated carbocycles. The Balaban J connectivity index is 2.46. The van der Waals surface area contributed by atoms with Crippen molar-refractivity contribution in [1.29, 1.82) is 0 Å². The first kappa shape index (κ1) is 8.10. The molecule has 0 aliphatic carbocycles. The van der Waals surface area contributed by atoms with E-state index in [4.69, 9.17) is 4.42 Å². The van der Waals surface area contributed by atoms with Crippen molar-refractivity contribution in [3.05, 3.63) is 29.3 Å². The van der Waals surface area contributed by atoms with Crippen LogP contribution in [0.1, 0.15) is 17.1 Å². The molecule has 0 aliphatic rings. The summed E-state index contributed by atoms with van der Waals surface area (Å²) >= 11 is 0. The lowest BCUT2D eigenvalue weighted by atomic mass is 10.4. The summed E-state index contributed by atoms with van der Waals surface area (Å²) in [4.78, 5) is 7.51. The molecule has 2 aromatic heterocycles. The largest absolute Gasteiger partial charge is 0.458 e. The van der Waals surface area contributed by atoms with Gasteiger partial charge in [0.2, 0.25) is 0 Å². The molecule has 0 unspecified atom stereocenters. The molecule has 0 aliphatic heterocycles. The molecule has 3 nitrogen and oxygen atoms in total. The zero-order valence-electron chi connectivity index (χ0n) is 8.01. The number of imidazole rings is 1. The van der Waals surface area contributed by atoms with Gasteiger partial charge in [-0.15, -0.1) is 0 Å². The Kier molecular flexibility index (Phi) is 1.72. The van der Waals surface area contributed by atoms with Crippen molar-refractivity contribution in [2.45, 2.75) is 20.8 Å². The lowest BCUT2D eigenvalue weighted by Gasteiger charge is -1.88. The van der Waals surface area contributed by atoms with Crippen LogP contribution < -0.4 is 0 Å². The fourth-order valence-corrected chi connectivity index (χ4v) is 1.23. The standard InChI is InChI=1S/C10H12N2O/c1-6-4-5-9(13-6)10-11-7(2)8(3)12-10/h4-5H,1-3H3,(H,11,12). The van der Waals surface area contributed by atoms with Crippen molar-refractivity contribution in [2.24, 2.45) is 0 Å². The zero-order valence-corrected chi connectivity index (χ0v) is 8.01. The molecule has 0 saturated heterocycles. The number of aryl methyl sites for hydroxylation is 3. The Morgan fingerprint density at radius 1 is 1.23 bits per heavy atom. The molecule has 13 heavy (non-hydrogen) atoms. The maximum Gasteiger partial charge on any atom is 0.173 e. The first-order chi connectivity index (χ1) is 6.16. The highest BCUT2D eigenvalue weighted by atomic mass is 16.3. The van der Waals surface area contributed by atoms with Crippen LogP contribution in [0.15, 0.2) is 16.5 Å². The van der Waals surface area contributed by atoms with Gasteiger partial charge in [0.25, 0.3) is 0 Å². The van der Waals surface area contributed by atoms with E-state index >= 15 is 0 Å². The summed E-state index contributed by atoms with van der Waals surface area (Å²) in [5, 5.41) is 0. The number of aromatic amines is 1. The third-order valence-electron chi connectivity index (χ3n) is 2.10. The van der Waals surface area contributed by atoms with Crippen LogP contribution in [-0.2, 0) is 0 Å². The summed E-state index contributed by atoms with van der Waals surface area (Å²) in [7, 11) is 0. The Hall–Kier alpha value is -1.51. The van der Waals surface area contributed by atoms with Gasteiger partial charge in [-0.2, -0.15) is 0 Å². The quantitative estimate of drug-likeness (QED) is 0.725. The maximum atomic E-state index is 5.44. The van der Waals surface area contributed by atoms with E-state index in [0.29, 0.717) is 0 Å². The highest BCUT2D eigenvalue weighted by molar-refractivity contribution is 5.48. The lowest BCUT2D eigenvalue weighted by Crippen LogP contribution is -1.75. The van der Waals surface area contributed by atoms with E-state index < -0.39 is 0 Å². The minimum atomic E-state index is 0.800. The molecule has 68 valence electrons. The van der Waals surface area contributed by atoms with Gasteiger partial charge in [-0.25, -0.2) is 4.98 Å². The molecule has 3 heteroatoms. The van der Waals surface area contributed by atoms with Gasteiger partial charge in [0.15, 0.2) is 11.6 Å². The van der Waals surface area contributed by atoms with Crippen molar-refractivity contribution in [3.63, 3.8) is 0 Å². The third-order valence-corrected chi connectivity index (χ3v) is 2.10. The van der Waals surface area contributed by atoms with Crippen molar-refractivity contribution >= 4 is 0 Å². The molecule has 0 radical (unpaired) electrons. The lowest BCUT2D eigenvalue weighted by molar-refractivity contribution is 0.544. The maximum absolute atomic E-state index is 5.44. The van der Waals surface area contributed by atoms with Crippen molar-refractivity contribution < 1.29 is 4.42 Å². The first-order valence-electron chi connectivity index (χ1n) is 4.27. The number of hydrogen-bond donors (Lipinski definition) is 1. The van der Waals surface area contributed by atoms with Crippen LogP contribution in [-0.4, -0.2) is 9.97 Å². The summed E-state index contributed by atoms with van der Waals surface area (Å²) in [5.41, 5.74) is 2.10. The average Bonchev–Trinajstić information content (AvgIpc) is 2.61. The monoisotopic (exact) mass is 176 g/mol. The number of aromatic nitrogens is 2. The van der Waals surface area contributed by atoms with Gasteiger partial charge >= 0.3 is 0 Å². The van der Waals surface area contributed by atoms with Gasteiger partial charge in [-0.3, -0.25) is 0 Å². The molecular formula is C10H12N2O. The summed E-state index contributed by atoms with van der Waals surface area (Å²) in [6.45, 7) is 5.90. The van der Waals surface area contributed by atoms with Gasteiger partial charge in [0, 0.05) is 5.69 Å². The van der Waals surface area contributed by atoms with Gasteiger partial charge in [-0.05, 0) is 32.9 Å². The van der Waals surface area contributed by atoms with Crippen LogP contribution in [0.5, 0.6) is 0 Å². The molecule has 0 amide bonds. The van der Waals surface area contributed by atoms with Gasteiger partial charge in [0.1, 0.15) is 5.76 Å². The number of H-pyrrole nitrogens is 1. The normalized spacial score (nSPS) is 10.7. The van der Waals surface area contributed by atoms with Gasteiger partial charge < -0.3 is 9.40 Å². The van der Waals surface area contributed by atoms with E-state index in [1.165, 1.54) is 0 Å². The smallest absolute Gasteiger partial charge is 0.173 e. The van der Waals surface area contributed by atoms with E-state index in [1.54, 1.807) is 0 Å². The highest BCUT2D eigenvalue weighted by Gasteiger charge is 2.07. The molecule has 2 heterocycles. The summed E-state index contributed by atoms with van der Waals surface area (Å²) in [6.07, 6.45) is 0. The minimum Gasteiger partial charge on any atom is -0.458 e. The van der Waals surface area contributed by atoms with E-state index in [-0.39, 0.29) is 0 Å². The molecular weight excluding hydrogens is 164 g/mol. The number of hydrogen-bond acceptors (Lipinski definition) is 2. The van der Waals surface area contributed by atoms with Crippen molar-refractivity contribution in [1.82, 2.24) is 9.97 Å². The van der Waals surface area contributed by atoms with Crippen LogP contribution in [0.2, 0.25) is 0 Å². The summed E-state index contributed by atoms with van der Waals surface area (Å²) in [6, 6.07) is 3.86. The number of nitrogens with zero attached hydrogens (tertiary/aromatic N) is 1. The predicted molar refractivity (Wildman–Crippen MR) is 50.5 cm³/mol. The second-order valence-electron chi connectivity index (χ2n) is 3.21. The third kappa shape index (κ3) is 1.37. The predicted octanol–water partition coefficient (Wildman–Crippen LogP) is 2.59. The Labute approximate surface area is 76.8 Å². The van der Waals surface area contributed by atoms with Crippen LogP contribution in [0.3, 0.4) is 0 Å². The second-order valence-corrected chi connectivity index (χ2v) is 3.21. The van der Waals surface area contributed by atoms with E-state index in [9.17, 15) is 0 Å². The van der Waals surface area contributed by atoms with Crippen LogP contribution in [0.4, 0.5) is 0 Å². The average molecular weight is 176 g/mol. The van der Waals surface area contributed by atoms with E-state index in [2.05, 4.69) is 9.97 Å². The van der Waals surface area contributed by atoms with Crippen LogP contribution >= 0.6 is 0 Å². The minimum absolute atomic E-state index is 0.800. The molecule has 0 fully saturated rings. The fraction of sp³-hybridized carbons (Fsp3) is 0.300. The van der Waals surface area contributed by atoms with Crippen molar-refractivity contribution in [3.8, 4) is 11.6 Å². The fourth-order valence-electron chi connectivity index (χ4n) is 1.23. The molecule has 0 atom stereocenters. The molecule has 1 N–H and O–H groups in total. The molecule has 0 spiro atoms. The molecule has 2 rings (SSSR count). The SMILES string of the molecule is Cc1ccc(-c2nc(C)c(C)[nH]2)o1. The summed E-state index contributed by atoms with van der Waals surface area (Å²) < 4.78 is 5.44. The van der Waals surface area contributed by atoms with E-state index in [0.717, 1.165) is 28.7 Å². The molecule has 0 bridgehead atoms. The summed E-state index contributed by atoms with van der Waals surface area (Å²) in [5.74, 6) is 2.51. The highest BCUT2D eigenvalue weighted by Crippen LogP contribution is 2.19. The zero-order chi connectivity index (χ0) is 9.42. The Morgan fingerprint density at radius 2 is 2.00 bits per heavy atom. The Bertz CT molecular complexity index is 406. The first-order valence-corrected chi connectivity index (χ1v) is 4.27. The number of rotatable bonds is 1. The van der Waals surface area contributed by atoms with Crippen LogP contribution in [0, 0.1) is 20.8 Å². The second kappa shape index (κ2) is 2.76. The topological polar surface area (TPSA) is 41.8 Å². The molecule has 2 aromatic rings. The molecule has 0 aromatic carbocycles. The van der Waals surface area contributed by atoms with E-state index in [1.807, 2.05) is 32.9 Å². The van der Waals surface area contributed by atoms with Gasteiger partial charge in [-0.1, -0.05) is 0 Å². The van der Waals surface area contributed by atoms with Gasteiger partial charge in [0.05, 0.1) is 5.69 Å². The van der Waals surface area contributed by atoms with Crippen LogP contribution in [0.25, 0.3) is 11.6 Å².